The summed E-state index contributed by atoms with van der Waals surface area (Å²) in [7, 11) is 0. The van der Waals surface area contributed by atoms with Gasteiger partial charge in [-0.1, -0.05) is 11.6 Å². The number of hydrogen-bond acceptors (Lipinski definition) is 2. The molecule has 13 heavy (non-hydrogen) atoms. The second-order valence-corrected chi connectivity index (χ2v) is 3.94. The SMILES string of the molecule is CC(=O)c1c(C#N)ccc(Cl)c1I. The predicted octanol–water partition coefficient (Wildman–Crippen LogP) is 3.02. The Labute approximate surface area is 94.6 Å². The predicted molar refractivity (Wildman–Crippen MR) is 58.9 cm³/mol. The van der Waals surface area contributed by atoms with Crippen molar-refractivity contribution >= 4 is 40.0 Å². The van der Waals surface area contributed by atoms with E-state index in [1.165, 1.54) is 6.92 Å². The van der Waals surface area contributed by atoms with Gasteiger partial charge in [0, 0.05) is 9.13 Å². The van der Waals surface area contributed by atoms with E-state index in [4.69, 9.17) is 16.9 Å². The van der Waals surface area contributed by atoms with Crippen molar-refractivity contribution in [3.8, 4) is 6.07 Å². The average molecular weight is 306 g/mol. The first kappa shape index (κ1) is 10.5. The Morgan fingerprint density at radius 2 is 2.23 bits per heavy atom. The Morgan fingerprint density at radius 3 is 2.69 bits per heavy atom. The molecule has 0 radical (unpaired) electrons. The number of halogens is 2. The molecule has 0 heterocycles. The van der Waals surface area contributed by atoms with E-state index >= 15 is 0 Å². The molecule has 0 spiro atoms. The Kier molecular flexibility index (Phi) is 3.28. The number of ketones is 1. The van der Waals surface area contributed by atoms with Gasteiger partial charge in [-0.15, -0.1) is 0 Å². The minimum atomic E-state index is -0.136. The van der Waals surface area contributed by atoms with Crippen molar-refractivity contribution < 1.29 is 4.79 Å². The van der Waals surface area contributed by atoms with Crippen LogP contribution in [-0.4, -0.2) is 5.78 Å². The molecule has 1 aromatic rings. The molecule has 1 rings (SSSR count). The first-order valence-corrected chi connectivity index (χ1v) is 4.92. The summed E-state index contributed by atoms with van der Waals surface area (Å²) in [6.45, 7) is 1.43. The molecule has 1 aromatic carbocycles. The van der Waals surface area contributed by atoms with Crippen molar-refractivity contribution in [3.63, 3.8) is 0 Å². The van der Waals surface area contributed by atoms with Crippen LogP contribution >= 0.6 is 34.2 Å². The Hall–Kier alpha value is -0.600. The molecule has 0 aliphatic rings. The lowest BCUT2D eigenvalue weighted by Gasteiger charge is -2.03. The second kappa shape index (κ2) is 4.07. The van der Waals surface area contributed by atoms with Crippen molar-refractivity contribution in [3.05, 3.63) is 31.9 Å². The first-order chi connectivity index (χ1) is 6.07. The summed E-state index contributed by atoms with van der Waals surface area (Å²) in [5, 5.41) is 9.24. The molecule has 0 atom stereocenters. The topological polar surface area (TPSA) is 40.9 Å². The highest BCUT2D eigenvalue weighted by molar-refractivity contribution is 14.1. The van der Waals surface area contributed by atoms with Gasteiger partial charge in [-0.05, 0) is 41.6 Å². The summed E-state index contributed by atoms with van der Waals surface area (Å²) in [5.74, 6) is -0.136. The van der Waals surface area contributed by atoms with Gasteiger partial charge in [0.1, 0.15) is 0 Å². The zero-order valence-corrected chi connectivity index (χ0v) is 9.68. The zero-order valence-electron chi connectivity index (χ0n) is 6.77. The van der Waals surface area contributed by atoms with Gasteiger partial charge in [-0.25, -0.2) is 0 Å². The van der Waals surface area contributed by atoms with Crippen LogP contribution in [0.1, 0.15) is 22.8 Å². The molecule has 0 unspecified atom stereocenters. The van der Waals surface area contributed by atoms with E-state index < -0.39 is 0 Å². The van der Waals surface area contributed by atoms with Gasteiger partial charge in [0.05, 0.1) is 16.7 Å². The van der Waals surface area contributed by atoms with E-state index in [0.717, 1.165) is 0 Å². The zero-order chi connectivity index (χ0) is 10.0. The normalized spacial score (nSPS) is 9.38. The van der Waals surface area contributed by atoms with Gasteiger partial charge in [0.25, 0.3) is 0 Å². The monoisotopic (exact) mass is 305 g/mol. The quantitative estimate of drug-likeness (QED) is 0.591. The van der Waals surface area contributed by atoms with E-state index in [1.54, 1.807) is 12.1 Å². The highest BCUT2D eigenvalue weighted by Crippen LogP contribution is 2.25. The molecule has 0 aliphatic carbocycles. The molecular formula is C9H5ClINO. The highest BCUT2D eigenvalue weighted by atomic mass is 127. The third-order valence-corrected chi connectivity index (χ3v) is 3.32. The standard InChI is InChI=1S/C9H5ClINO/c1-5(13)8-6(4-12)2-3-7(10)9(8)11/h2-3H,1H3. The van der Waals surface area contributed by atoms with Crippen LogP contribution in [0.4, 0.5) is 0 Å². The summed E-state index contributed by atoms with van der Waals surface area (Å²) < 4.78 is 0.644. The molecule has 0 aliphatic heterocycles. The highest BCUT2D eigenvalue weighted by Gasteiger charge is 2.13. The summed E-state index contributed by atoms with van der Waals surface area (Å²) in [4.78, 5) is 11.2. The lowest BCUT2D eigenvalue weighted by molar-refractivity contribution is 0.101. The number of rotatable bonds is 1. The van der Waals surface area contributed by atoms with Crippen LogP contribution < -0.4 is 0 Å². The average Bonchev–Trinajstić information content (AvgIpc) is 2.08. The molecule has 0 aromatic heterocycles. The Balaban J connectivity index is 3.53. The summed E-state index contributed by atoms with van der Waals surface area (Å²) >= 11 is 7.78. The van der Waals surface area contributed by atoms with E-state index in [9.17, 15) is 4.79 Å². The molecule has 0 bridgehead atoms. The summed E-state index contributed by atoms with van der Waals surface area (Å²) in [6.07, 6.45) is 0. The largest absolute Gasteiger partial charge is 0.294 e. The number of Topliss-reactive ketones (excluding diaryl/α,β-unsaturated/α-hetero) is 1. The van der Waals surface area contributed by atoms with Gasteiger partial charge in [0.2, 0.25) is 0 Å². The molecule has 0 amide bonds. The number of carbonyl (C=O) groups excluding carboxylic acids is 1. The molecule has 66 valence electrons. The van der Waals surface area contributed by atoms with Gasteiger partial charge >= 0.3 is 0 Å². The fraction of sp³-hybridized carbons (Fsp3) is 0.111. The summed E-state index contributed by atoms with van der Waals surface area (Å²) in [6, 6.07) is 5.14. The third-order valence-electron chi connectivity index (χ3n) is 1.57. The molecule has 0 N–H and O–H groups in total. The fourth-order valence-corrected chi connectivity index (χ4v) is 2.00. The molecule has 4 heteroatoms. The maximum Gasteiger partial charge on any atom is 0.162 e. The summed E-state index contributed by atoms with van der Waals surface area (Å²) in [5.41, 5.74) is 0.789. The maximum absolute atomic E-state index is 11.2. The first-order valence-electron chi connectivity index (χ1n) is 3.47. The lowest BCUT2D eigenvalue weighted by Crippen LogP contribution is -2.00. The Morgan fingerprint density at radius 1 is 1.62 bits per heavy atom. The van der Waals surface area contributed by atoms with Crippen molar-refractivity contribution in [2.75, 3.05) is 0 Å². The number of benzene rings is 1. The number of nitriles is 1. The van der Waals surface area contributed by atoms with Gasteiger partial charge in [-0.2, -0.15) is 5.26 Å². The number of nitrogens with zero attached hydrogens (tertiary/aromatic N) is 1. The van der Waals surface area contributed by atoms with E-state index in [-0.39, 0.29) is 5.78 Å². The number of carbonyl (C=O) groups is 1. The number of hydrogen-bond donors (Lipinski definition) is 0. The van der Waals surface area contributed by atoms with Gasteiger partial charge in [-0.3, -0.25) is 4.79 Å². The Bertz CT molecular complexity index is 409. The van der Waals surface area contributed by atoms with Gasteiger partial charge < -0.3 is 0 Å². The van der Waals surface area contributed by atoms with Crippen molar-refractivity contribution in [2.45, 2.75) is 6.92 Å². The smallest absolute Gasteiger partial charge is 0.162 e. The minimum Gasteiger partial charge on any atom is -0.294 e. The third kappa shape index (κ3) is 2.01. The van der Waals surface area contributed by atoms with Crippen LogP contribution in [0.5, 0.6) is 0 Å². The van der Waals surface area contributed by atoms with Crippen LogP contribution in [0, 0.1) is 14.9 Å². The second-order valence-electron chi connectivity index (χ2n) is 2.45. The molecule has 0 fully saturated rings. The van der Waals surface area contributed by atoms with E-state index in [2.05, 4.69) is 0 Å². The molecule has 0 saturated heterocycles. The lowest BCUT2D eigenvalue weighted by atomic mass is 10.1. The van der Waals surface area contributed by atoms with Crippen LogP contribution in [-0.2, 0) is 0 Å². The van der Waals surface area contributed by atoms with E-state index in [1.807, 2.05) is 28.7 Å². The van der Waals surface area contributed by atoms with Crippen molar-refractivity contribution in [1.82, 2.24) is 0 Å². The molecular weight excluding hydrogens is 300 g/mol. The van der Waals surface area contributed by atoms with Crippen LogP contribution in [0.3, 0.4) is 0 Å². The van der Waals surface area contributed by atoms with Crippen molar-refractivity contribution in [2.24, 2.45) is 0 Å². The molecule has 0 saturated carbocycles. The van der Waals surface area contributed by atoms with E-state index in [0.29, 0.717) is 19.7 Å². The van der Waals surface area contributed by atoms with Crippen LogP contribution in [0.2, 0.25) is 5.02 Å². The van der Waals surface area contributed by atoms with Crippen LogP contribution in [0.25, 0.3) is 0 Å². The van der Waals surface area contributed by atoms with Crippen LogP contribution in [0.15, 0.2) is 12.1 Å². The maximum atomic E-state index is 11.2. The van der Waals surface area contributed by atoms with Crippen molar-refractivity contribution in [1.29, 1.82) is 5.26 Å². The fourth-order valence-electron chi connectivity index (χ4n) is 0.988. The molecule has 2 nitrogen and oxygen atoms in total. The van der Waals surface area contributed by atoms with Gasteiger partial charge in [0.15, 0.2) is 5.78 Å². The minimum absolute atomic E-state index is 0.136.